The standard InChI is InChI=1S/C27H31ClN8OS2.C23H23ClN8S.C21H26IN7OS.C17H26N2OS.C5H2ClIN4.C5H5ClN2S.2CH4.B2.Na/c1-26(2,3)39(37)34-22-18-7-5-4-6-17(18)14-27(22)9-12-35(13-10-27)25-31-15-20(24-33-32-16-36(24)25)38-19-8-11-30-23(29)21(19)28;24-18-16(5-8-27-20(18)26)33-17-12-28-22(32-13-29-30-21(17)32)31-9-6-23(7-10-31)11-14-3-1-2-4-15(14)19(23)25;1-20(2,3)31(30)27-17-14-5-4-8-23-16(14)11-21(17)6-9-28(10-7-21)19-24-12-15(22)18-26-25-13-29(18)19;1-16(2,3)21(20)19-15-14-7-5-4-6-13(14)12-17(15)8-10-18-11-9-17;6-5-8-1-3(7)4-10-9-2-11(4)5;6-4-3(9)1-2-8-5(4)7;;;1-2;/h4-8,11,15-16,22,34H,9-10,12-14H2,1-3H3,(H2,29,30);1-5,8,12-13,19H,6-7,9-11,25H2,(H2,26,27);4-5,8,12-13,17,27H,6-7,9-11H2,1-3H3;4-7,15,18-19H,8-12H2,1-3H3;1-2H;1-2H,(H3,7,8,9);2*1H4;;/q;;;;;;;;;+1/p-1/t22-,39-;19-;17-,31?;15-,21-;;;;;;/m1111....../s1. The molecule has 16 heterocycles. The van der Waals surface area contributed by atoms with E-state index >= 15 is 0 Å². The number of nitrogen functional groups attached to an aromatic ring is 3. The Balaban J connectivity index is 0.000000147. The predicted octanol–water partition coefficient (Wildman–Crippen LogP) is 14.5. The van der Waals surface area contributed by atoms with Crippen LogP contribution in [0.2, 0.25) is 20.4 Å². The minimum atomic E-state index is -1.16. The molecule has 8 aliphatic rings. The van der Waals surface area contributed by atoms with Gasteiger partial charge in [0.05, 0.1) is 97.3 Å². The van der Waals surface area contributed by atoms with Gasteiger partial charge < -0.3 is 55.6 Å². The second-order valence-electron chi connectivity index (χ2n) is 40.2. The van der Waals surface area contributed by atoms with Crippen molar-refractivity contribution in [1.82, 2.24) is 118 Å². The molecular formula is C100H120B2Cl4I2N31NaO3S6. The van der Waals surface area contributed by atoms with Gasteiger partial charge in [0.15, 0.2) is 22.6 Å². The van der Waals surface area contributed by atoms with Gasteiger partial charge >= 0.3 is 29.6 Å². The van der Waals surface area contributed by atoms with Crippen molar-refractivity contribution in [2.45, 2.75) is 217 Å². The van der Waals surface area contributed by atoms with Crippen LogP contribution in [0.4, 0.5) is 35.3 Å². The summed E-state index contributed by atoms with van der Waals surface area (Å²) in [6.07, 6.45) is 32.8. The average Bonchev–Trinajstić information content (AvgIpc) is 1.57. The molecule has 0 amide bonds. The fourth-order valence-corrected chi connectivity index (χ4v) is 26.9. The van der Waals surface area contributed by atoms with E-state index in [1.54, 1.807) is 48.0 Å². The van der Waals surface area contributed by atoms with Crippen molar-refractivity contribution in [2.75, 3.05) is 84.3 Å². The first-order valence-corrected chi connectivity index (χ1v) is 56.8. The van der Waals surface area contributed by atoms with E-state index in [2.05, 4.69) is 244 Å². The molecule has 34 nitrogen and oxygen atoms in total. The molecule has 0 bridgehead atoms. The van der Waals surface area contributed by atoms with Crippen molar-refractivity contribution < 1.29 is 42.2 Å². The SMILES string of the molecule is C.C.CC(C)(C)S(=O)N[C@@H]1c2cccnc2CC12CCN(c1ncc(I)c3nncn13)CC2.CC(C)(C)[S@@](=O)N[C@@H]1c2ccccc2CC12CCN(c1ncc(Sc3ccnc(N)c3Cl)c3nncn13)CC2.CC(C)(C)[S@@](=O)N[C@@H]1c2ccccc2CC12CCNCC2.Clc1ncc(I)c2nncn12.Nc1nccc(Sc2cnc(N3CCC4(CC3)Cc3ccccc3[C@H]4N)n3cnnc23)c1Cl.Nc1nccc([S-])c1Cl.[B][B].[Na+]. The number of nitrogens with two attached hydrogens (primary N) is 4. The molecule has 4 fully saturated rings. The van der Waals surface area contributed by atoms with E-state index in [9.17, 15) is 12.6 Å². The van der Waals surface area contributed by atoms with Gasteiger partial charge in [-0.25, -0.2) is 70.5 Å². The molecule has 7 atom stereocenters. The number of aromatic nitrogens is 20. The first-order chi connectivity index (χ1) is 69.9. The molecule has 4 saturated heterocycles. The van der Waals surface area contributed by atoms with E-state index in [0.29, 0.717) is 48.3 Å². The van der Waals surface area contributed by atoms with E-state index in [1.807, 2.05) is 119 Å². The predicted molar refractivity (Wildman–Crippen MR) is 616 cm³/mol. The number of piperidine rings is 4. The monoisotopic (exact) mass is 2430 g/mol. The smallest absolute Gasteiger partial charge is 0.778 e. The first kappa shape index (κ1) is 117. The van der Waals surface area contributed by atoms with Crippen LogP contribution >= 0.6 is 115 Å². The Morgan fingerprint density at radius 3 is 1.18 bits per heavy atom. The molecule has 49 heteroatoms. The summed E-state index contributed by atoms with van der Waals surface area (Å²) in [5.41, 5.74) is 37.6. The van der Waals surface area contributed by atoms with Gasteiger partial charge in [0.1, 0.15) is 42.8 Å². The fraction of sp³-hybridized carbons (Fsp3) is 0.420. The summed E-state index contributed by atoms with van der Waals surface area (Å²) in [6.45, 7) is 25.5. The van der Waals surface area contributed by atoms with Crippen LogP contribution in [-0.2, 0) is 71.3 Å². The number of hydrogen-bond acceptors (Lipinski definition) is 30. The van der Waals surface area contributed by atoms with Crippen LogP contribution in [0.1, 0.15) is 197 Å². The number of benzene rings is 3. The number of fused-ring (bicyclic) bond motifs is 8. The van der Waals surface area contributed by atoms with Crippen LogP contribution in [0.15, 0.2) is 202 Å². The molecular weight excluding hydrogens is 2320 g/mol. The second kappa shape index (κ2) is 49.5. The fourth-order valence-electron chi connectivity index (χ4n) is 20.4. The molecule has 0 saturated carbocycles. The Bertz CT molecular complexity index is 7250. The number of rotatable bonds is 13. The molecule has 1 unspecified atom stereocenters. The number of hydrogen-bond donors (Lipinski definition) is 8. The van der Waals surface area contributed by atoms with Crippen molar-refractivity contribution >= 4 is 234 Å². The molecule has 3 aromatic carbocycles. The van der Waals surface area contributed by atoms with Crippen LogP contribution in [0.5, 0.6) is 0 Å². The van der Waals surface area contributed by atoms with E-state index in [0.717, 1.165) is 197 Å². The van der Waals surface area contributed by atoms with Crippen LogP contribution in [0.3, 0.4) is 0 Å². The minimum Gasteiger partial charge on any atom is -0.778 e. The normalized spacial score (nSPS) is 18.9. The third kappa shape index (κ3) is 25.2. The molecule has 12 aromatic heterocycles. The summed E-state index contributed by atoms with van der Waals surface area (Å²) < 4.78 is 57.9. The molecule has 4 aliphatic heterocycles. The molecule has 4 spiro atoms. The van der Waals surface area contributed by atoms with Gasteiger partial charge in [-0.1, -0.05) is 158 Å². The van der Waals surface area contributed by atoms with E-state index in [-0.39, 0.29) is 104 Å². The van der Waals surface area contributed by atoms with Gasteiger partial charge in [0.2, 0.25) is 23.1 Å². The zero-order chi connectivity index (χ0) is 104. The van der Waals surface area contributed by atoms with Crippen LogP contribution in [0.25, 0.3) is 22.6 Å². The van der Waals surface area contributed by atoms with Crippen molar-refractivity contribution in [1.29, 1.82) is 0 Å². The van der Waals surface area contributed by atoms with Gasteiger partial charge in [0.25, 0.3) is 0 Å². The quantitative estimate of drug-likeness (QED) is 0.0230. The second-order valence-corrected chi connectivity index (χ2v) is 52.6. The van der Waals surface area contributed by atoms with E-state index in [4.69, 9.17) is 91.9 Å². The van der Waals surface area contributed by atoms with Gasteiger partial charge in [-0.2, -0.15) is 4.90 Å². The van der Waals surface area contributed by atoms with Crippen LogP contribution in [0, 0.1) is 28.8 Å². The average molecular weight is 2440 g/mol. The maximum absolute atomic E-state index is 13.2. The molecule has 12 N–H and O–H groups in total. The molecule has 4 aliphatic carbocycles. The molecule has 15 aromatic rings. The maximum Gasteiger partial charge on any atom is 1.00 e. The Morgan fingerprint density at radius 2 is 0.758 bits per heavy atom. The number of pyridine rings is 4. The summed E-state index contributed by atoms with van der Waals surface area (Å²) in [4.78, 5) is 45.4. The minimum absolute atomic E-state index is 0. The Hall–Kier alpha value is -7.82. The number of nitrogens with one attached hydrogen (secondary N) is 4. The van der Waals surface area contributed by atoms with Crippen LogP contribution < -0.4 is 86.7 Å². The topological polar surface area (TPSA) is 437 Å². The van der Waals surface area contributed by atoms with Gasteiger partial charge in [-0.05, 0) is 288 Å². The van der Waals surface area contributed by atoms with E-state index < -0.39 is 33.0 Å². The Kier molecular flexibility index (Phi) is 38.8. The third-order valence-corrected chi connectivity index (χ3v) is 38.7. The summed E-state index contributed by atoms with van der Waals surface area (Å²) >= 11 is 36.1. The summed E-state index contributed by atoms with van der Waals surface area (Å²) in [5.74, 6) is 3.43. The Morgan fingerprint density at radius 1 is 0.416 bits per heavy atom. The zero-order valence-electron chi connectivity index (χ0n) is 82.9. The summed E-state index contributed by atoms with van der Waals surface area (Å²) in [7, 11) is 4.66. The van der Waals surface area contributed by atoms with Gasteiger partial charge in [0, 0.05) is 126 Å². The number of halogens is 6. The molecule has 778 valence electrons. The largest absolute Gasteiger partial charge is 1.00 e. The van der Waals surface area contributed by atoms with Crippen molar-refractivity contribution in [3.05, 3.63) is 250 Å². The third-order valence-electron chi connectivity index (χ3n) is 28.2. The Labute approximate surface area is 962 Å². The number of nitrogens with zero attached hydrogens (tertiary/aromatic N) is 23. The zero-order valence-corrected chi connectivity index (χ0v) is 97.1. The molecule has 23 rings (SSSR count). The van der Waals surface area contributed by atoms with Crippen molar-refractivity contribution in [3.8, 4) is 0 Å². The molecule has 149 heavy (non-hydrogen) atoms. The van der Waals surface area contributed by atoms with Crippen molar-refractivity contribution in [3.63, 3.8) is 0 Å². The summed E-state index contributed by atoms with van der Waals surface area (Å²) in [5, 5.41) is 38.0. The van der Waals surface area contributed by atoms with Gasteiger partial charge in [-0.3, -0.25) is 13.8 Å². The summed E-state index contributed by atoms with van der Waals surface area (Å²) in [6, 6.07) is 35.7. The number of anilines is 6. The first-order valence-electron chi connectivity index (χ1n) is 47.6. The molecule has 4 radical (unpaired) electrons. The van der Waals surface area contributed by atoms with Crippen molar-refractivity contribution in [2.24, 2.45) is 27.4 Å². The van der Waals surface area contributed by atoms with Crippen LogP contribution in [-0.4, -0.2) is 193 Å². The maximum atomic E-state index is 13.2. The van der Waals surface area contributed by atoms with E-state index in [1.165, 1.54) is 75.0 Å². The van der Waals surface area contributed by atoms with Gasteiger partial charge in [-0.15, -0.1) is 40.8 Å².